The van der Waals surface area contributed by atoms with E-state index in [2.05, 4.69) is 21.2 Å². The summed E-state index contributed by atoms with van der Waals surface area (Å²) in [6, 6.07) is 21.1. The number of hydrogen-bond donors (Lipinski definition) is 1. The topological polar surface area (TPSA) is 52.9 Å². The predicted molar refractivity (Wildman–Crippen MR) is 127 cm³/mol. The number of nitriles is 1. The zero-order valence-corrected chi connectivity index (χ0v) is 19.0. The predicted octanol–water partition coefficient (Wildman–Crippen LogP) is 6.86. The van der Waals surface area contributed by atoms with E-state index in [9.17, 15) is 10.1 Å². The normalized spacial score (nSPS) is 11.1. The van der Waals surface area contributed by atoms with Crippen LogP contribution in [0.1, 0.15) is 27.8 Å². The summed E-state index contributed by atoms with van der Waals surface area (Å²) in [5.74, 6) is -0.433. The second-order valence-corrected chi connectivity index (χ2v) is 8.30. The molecule has 1 N–H and O–H groups in total. The Morgan fingerprint density at radius 1 is 1.07 bits per heavy atom. The minimum atomic E-state index is -0.433. The molecule has 3 aromatic rings. The molecule has 0 unspecified atom stereocenters. The molecule has 0 spiro atoms. The first-order valence-electron chi connectivity index (χ1n) is 9.39. The lowest BCUT2D eigenvalue weighted by molar-refractivity contribution is -0.112. The lowest BCUT2D eigenvalue weighted by Crippen LogP contribution is -2.13. The Labute approximate surface area is 190 Å². The Balaban J connectivity index is 1.79. The number of amides is 1. The first-order valence-corrected chi connectivity index (χ1v) is 10.6. The largest absolute Gasteiger partial charge is 0.321 e. The lowest BCUT2D eigenvalue weighted by Gasteiger charge is -2.09. The van der Waals surface area contributed by atoms with Crippen molar-refractivity contribution < 1.29 is 4.79 Å². The van der Waals surface area contributed by atoms with Gasteiger partial charge in [0.2, 0.25) is 0 Å². The highest BCUT2D eigenvalue weighted by Gasteiger charge is 2.11. The van der Waals surface area contributed by atoms with Crippen LogP contribution >= 0.6 is 27.5 Å². The summed E-state index contributed by atoms with van der Waals surface area (Å²) >= 11 is 9.85. The van der Waals surface area contributed by atoms with Crippen molar-refractivity contribution in [2.24, 2.45) is 0 Å². The number of nitrogens with zero attached hydrogens (tertiary/aromatic N) is 1. The van der Waals surface area contributed by atoms with Crippen molar-refractivity contribution in [1.82, 2.24) is 0 Å². The van der Waals surface area contributed by atoms with E-state index in [0.717, 1.165) is 37.3 Å². The van der Waals surface area contributed by atoms with Gasteiger partial charge in [0.05, 0.1) is 0 Å². The molecule has 3 aromatic carbocycles. The van der Waals surface area contributed by atoms with Gasteiger partial charge in [0.15, 0.2) is 0 Å². The standard InChI is InChI=1S/C25H20BrClN2O/c1-16-7-10-22(11-17(16)2)29-25(30)21(15-28)12-18-8-9-19(23(26)13-18)14-20-5-3-4-6-24(20)27/h3-13H,14H2,1-2H3,(H,29,30)/b21-12+. The van der Waals surface area contributed by atoms with Gasteiger partial charge in [-0.3, -0.25) is 4.79 Å². The Kier molecular flexibility index (Phi) is 7.10. The number of rotatable bonds is 5. The fourth-order valence-electron chi connectivity index (χ4n) is 2.98. The molecule has 0 atom stereocenters. The first-order chi connectivity index (χ1) is 14.4. The van der Waals surface area contributed by atoms with Crippen molar-refractivity contribution >= 4 is 45.2 Å². The molecule has 0 aliphatic heterocycles. The highest BCUT2D eigenvalue weighted by atomic mass is 79.9. The van der Waals surface area contributed by atoms with E-state index in [1.807, 2.05) is 80.6 Å². The SMILES string of the molecule is Cc1ccc(NC(=O)/C(C#N)=C/c2ccc(Cc3ccccc3Cl)c(Br)c2)cc1C. The van der Waals surface area contributed by atoms with Crippen LogP contribution in [-0.4, -0.2) is 5.91 Å². The maximum Gasteiger partial charge on any atom is 0.266 e. The fraction of sp³-hybridized carbons (Fsp3) is 0.120. The number of aryl methyl sites for hydroxylation is 2. The minimum absolute atomic E-state index is 0.0407. The number of carbonyl (C=O) groups is 1. The van der Waals surface area contributed by atoms with Crippen LogP contribution in [-0.2, 0) is 11.2 Å². The summed E-state index contributed by atoms with van der Waals surface area (Å²) in [6.45, 7) is 3.99. The van der Waals surface area contributed by atoms with Gasteiger partial charge in [-0.15, -0.1) is 0 Å². The van der Waals surface area contributed by atoms with Crippen LogP contribution < -0.4 is 5.32 Å². The average molecular weight is 480 g/mol. The van der Waals surface area contributed by atoms with Gasteiger partial charge in [0, 0.05) is 21.6 Å². The maximum absolute atomic E-state index is 12.5. The molecule has 0 fully saturated rings. The number of nitrogens with one attached hydrogen (secondary N) is 1. The van der Waals surface area contributed by atoms with Crippen LogP contribution in [0.2, 0.25) is 5.02 Å². The smallest absolute Gasteiger partial charge is 0.266 e. The Morgan fingerprint density at radius 3 is 2.50 bits per heavy atom. The number of carbonyl (C=O) groups excluding carboxylic acids is 1. The molecule has 3 nitrogen and oxygen atoms in total. The van der Waals surface area contributed by atoms with E-state index < -0.39 is 5.91 Å². The van der Waals surface area contributed by atoms with Gasteiger partial charge >= 0.3 is 0 Å². The molecule has 30 heavy (non-hydrogen) atoms. The molecule has 150 valence electrons. The molecule has 0 aliphatic rings. The Bertz CT molecular complexity index is 1180. The van der Waals surface area contributed by atoms with Crippen LogP contribution in [0.15, 0.2) is 70.7 Å². The first kappa shape index (κ1) is 21.8. The summed E-state index contributed by atoms with van der Waals surface area (Å²) < 4.78 is 0.892. The zero-order valence-electron chi connectivity index (χ0n) is 16.7. The van der Waals surface area contributed by atoms with Crippen molar-refractivity contribution in [3.05, 3.63) is 104 Å². The number of hydrogen-bond acceptors (Lipinski definition) is 2. The van der Waals surface area contributed by atoms with E-state index in [4.69, 9.17) is 11.6 Å². The van der Waals surface area contributed by atoms with Crippen molar-refractivity contribution in [1.29, 1.82) is 5.26 Å². The van der Waals surface area contributed by atoms with Crippen LogP contribution in [0.25, 0.3) is 6.08 Å². The molecule has 0 radical (unpaired) electrons. The summed E-state index contributed by atoms with van der Waals surface area (Å²) in [5.41, 5.74) is 5.79. The molecule has 0 saturated heterocycles. The molecule has 1 amide bonds. The van der Waals surface area contributed by atoms with Gasteiger partial charge in [-0.25, -0.2) is 0 Å². The van der Waals surface area contributed by atoms with Gasteiger partial charge in [-0.05, 0) is 72.0 Å². The van der Waals surface area contributed by atoms with E-state index in [1.54, 1.807) is 6.08 Å². The zero-order chi connectivity index (χ0) is 21.7. The van der Waals surface area contributed by atoms with E-state index in [0.29, 0.717) is 12.1 Å². The summed E-state index contributed by atoms with van der Waals surface area (Å²) in [4.78, 5) is 12.5. The highest BCUT2D eigenvalue weighted by molar-refractivity contribution is 9.10. The van der Waals surface area contributed by atoms with E-state index in [-0.39, 0.29) is 5.57 Å². The van der Waals surface area contributed by atoms with Gasteiger partial charge in [0.1, 0.15) is 11.6 Å². The van der Waals surface area contributed by atoms with Gasteiger partial charge in [-0.1, -0.05) is 63.9 Å². The van der Waals surface area contributed by atoms with Crippen molar-refractivity contribution in [2.75, 3.05) is 5.32 Å². The van der Waals surface area contributed by atoms with Crippen LogP contribution in [0, 0.1) is 25.2 Å². The average Bonchev–Trinajstić information content (AvgIpc) is 2.72. The van der Waals surface area contributed by atoms with Crippen LogP contribution in [0.3, 0.4) is 0 Å². The van der Waals surface area contributed by atoms with Gasteiger partial charge < -0.3 is 5.32 Å². The molecular weight excluding hydrogens is 460 g/mol. The lowest BCUT2D eigenvalue weighted by atomic mass is 10.0. The Morgan fingerprint density at radius 2 is 1.83 bits per heavy atom. The van der Waals surface area contributed by atoms with Crippen molar-refractivity contribution in [3.8, 4) is 6.07 Å². The Hall–Kier alpha value is -2.87. The molecule has 0 bridgehead atoms. The second kappa shape index (κ2) is 9.75. The molecule has 0 aliphatic carbocycles. The van der Waals surface area contributed by atoms with Gasteiger partial charge in [-0.2, -0.15) is 5.26 Å². The van der Waals surface area contributed by atoms with Crippen molar-refractivity contribution in [2.45, 2.75) is 20.3 Å². The summed E-state index contributed by atoms with van der Waals surface area (Å²) in [7, 11) is 0. The third-order valence-electron chi connectivity index (χ3n) is 4.86. The molecular formula is C25H20BrClN2O. The number of anilines is 1. The molecule has 0 saturated carbocycles. The number of benzene rings is 3. The highest BCUT2D eigenvalue weighted by Crippen LogP contribution is 2.26. The molecule has 3 rings (SSSR count). The monoisotopic (exact) mass is 478 g/mol. The third-order valence-corrected chi connectivity index (χ3v) is 5.96. The molecule has 0 aromatic heterocycles. The van der Waals surface area contributed by atoms with Crippen LogP contribution in [0.5, 0.6) is 0 Å². The minimum Gasteiger partial charge on any atom is -0.321 e. The second-order valence-electron chi connectivity index (χ2n) is 7.04. The van der Waals surface area contributed by atoms with E-state index >= 15 is 0 Å². The number of halogens is 2. The quantitative estimate of drug-likeness (QED) is 0.321. The fourth-order valence-corrected chi connectivity index (χ4v) is 3.72. The molecule has 5 heteroatoms. The third kappa shape index (κ3) is 5.38. The summed E-state index contributed by atoms with van der Waals surface area (Å²) in [6.07, 6.45) is 2.27. The summed E-state index contributed by atoms with van der Waals surface area (Å²) in [5, 5.41) is 13.0. The van der Waals surface area contributed by atoms with Crippen LogP contribution in [0.4, 0.5) is 5.69 Å². The van der Waals surface area contributed by atoms with Gasteiger partial charge in [0.25, 0.3) is 5.91 Å². The van der Waals surface area contributed by atoms with Crippen molar-refractivity contribution in [3.63, 3.8) is 0 Å². The van der Waals surface area contributed by atoms with E-state index in [1.165, 1.54) is 0 Å². The molecule has 0 heterocycles. The maximum atomic E-state index is 12.5.